The first kappa shape index (κ1) is 11.9. The van der Waals surface area contributed by atoms with Crippen LogP contribution in [0.1, 0.15) is 30.9 Å². The van der Waals surface area contributed by atoms with E-state index in [1.165, 1.54) is 19.3 Å². The fourth-order valence-corrected chi connectivity index (χ4v) is 3.78. The molecule has 15 heavy (non-hydrogen) atoms. The second-order valence-corrected chi connectivity index (χ2v) is 6.45. The summed E-state index contributed by atoms with van der Waals surface area (Å²) in [5, 5.41) is 9.97. The van der Waals surface area contributed by atoms with Gasteiger partial charge in [-0.2, -0.15) is 0 Å². The van der Waals surface area contributed by atoms with E-state index >= 15 is 0 Å². The zero-order valence-corrected chi connectivity index (χ0v) is 12.5. The minimum Gasteiger partial charge on any atom is -0.506 e. The van der Waals surface area contributed by atoms with E-state index in [2.05, 4.69) is 45.2 Å². The minimum atomic E-state index is 0.00184. The quantitative estimate of drug-likeness (QED) is 0.709. The summed E-state index contributed by atoms with van der Waals surface area (Å²) in [4.78, 5) is 0. The molecule has 0 spiro atoms. The molecule has 0 unspecified atom stereocenters. The van der Waals surface area contributed by atoms with Crippen LogP contribution in [0.15, 0.2) is 12.1 Å². The Morgan fingerprint density at radius 3 is 2.53 bits per heavy atom. The molecule has 1 aliphatic rings. The van der Waals surface area contributed by atoms with E-state index in [9.17, 15) is 5.11 Å². The minimum absolute atomic E-state index is 0.00184. The summed E-state index contributed by atoms with van der Waals surface area (Å²) in [7, 11) is 0. The highest BCUT2D eigenvalue weighted by molar-refractivity contribution is 14.1. The maximum Gasteiger partial charge on any atom is 0.133 e. The highest BCUT2D eigenvalue weighted by Gasteiger charge is 2.27. The van der Waals surface area contributed by atoms with E-state index in [4.69, 9.17) is 5.73 Å². The monoisotopic (exact) mass is 429 g/mol. The van der Waals surface area contributed by atoms with Gasteiger partial charge in [-0.25, -0.2) is 0 Å². The predicted octanol–water partition coefficient (Wildman–Crippen LogP) is 3.40. The first-order valence-corrected chi connectivity index (χ1v) is 7.19. The van der Waals surface area contributed by atoms with Crippen LogP contribution in [0.2, 0.25) is 0 Å². The lowest BCUT2D eigenvalue weighted by Gasteiger charge is -2.32. The number of rotatable bonds is 2. The second kappa shape index (κ2) is 4.75. The molecule has 0 aromatic heterocycles. The molecule has 82 valence electrons. The number of phenols is 1. The largest absolute Gasteiger partial charge is 0.506 e. The predicted molar refractivity (Wildman–Crippen MR) is 77.8 cm³/mol. The summed E-state index contributed by atoms with van der Waals surface area (Å²) in [6.07, 6.45) is 3.67. The molecule has 3 N–H and O–H groups in total. The van der Waals surface area contributed by atoms with Gasteiger partial charge in [0.1, 0.15) is 5.75 Å². The number of hydrogen-bond donors (Lipinski definition) is 2. The topological polar surface area (TPSA) is 46.2 Å². The lowest BCUT2D eigenvalue weighted by molar-refractivity contribution is 0.260. The highest BCUT2D eigenvalue weighted by atomic mass is 127. The Kier molecular flexibility index (Phi) is 3.77. The normalized spacial score (nSPS) is 18.6. The van der Waals surface area contributed by atoms with Gasteiger partial charge in [0.25, 0.3) is 0 Å². The smallest absolute Gasteiger partial charge is 0.133 e. The zero-order valence-electron chi connectivity index (χ0n) is 8.21. The SMILES string of the molecule is N[C@H](c1cc(I)cc(I)c1O)C1CCC1. The molecule has 0 amide bonds. The van der Waals surface area contributed by atoms with Gasteiger partial charge in [0.15, 0.2) is 0 Å². The van der Waals surface area contributed by atoms with E-state index < -0.39 is 0 Å². The van der Waals surface area contributed by atoms with E-state index in [-0.39, 0.29) is 6.04 Å². The van der Waals surface area contributed by atoms with Crippen LogP contribution >= 0.6 is 45.2 Å². The van der Waals surface area contributed by atoms with Crippen molar-refractivity contribution < 1.29 is 5.11 Å². The Balaban J connectivity index is 2.33. The summed E-state index contributed by atoms with van der Waals surface area (Å²) in [6, 6.07) is 3.97. The van der Waals surface area contributed by atoms with Crippen LogP contribution < -0.4 is 5.73 Å². The second-order valence-electron chi connectivity index (χ2n) is 4.04. The van der Waals surface area contributed by atoms with E-state index in [1.54, 1.807) is 0 Å². The number of aromatic hydroxyl groups is 1. The number of halogens is 2. The molecule has 2 rings (SSSR count). The van der Waals surface area contributed by atoms with Gasteiger partial charge in [0.2, 0.25) is 0 Å². The van der Waals surface area contributed by atoms with Crippen molar-refractivity contribution in [3.05, 3.63) is 24.8 Å². The van der Waals surface area contributed by atoms with E-state index in [0.717, 1.165) is 12.7 Å². The molecule has 1 saturated carbocycles. The van der Waals surface area contributed by atoms with E-state index in [1.807, 2.05) is 12.1 Å². The van der Waals surface area contributed by atoms with Gasteiger partial charge in [-0.1, -0.05) is 6.42 Å². The van der Waals surface area contributed by atoms with Crippen LogP contribution in [-0.2, 0) is 0 Å². The summed E-state index contributed by atoms with van der Waals surface area (Å²) in [5.74, 6) is 0.931. The molecular formula is C11H13I2NO. The maximum atomic E-state index is 9.97. The molecule has 1 aromatic rings. The van der Waals surface area contributed by atoms with Crippen molar-refractivity contribution in [1.29, 1.82) is 0 Å². The third-order valence-corrected chi connectivity index (χ3v) is 4.52. The molecule has 1 aromatic carbocycles. The molecule has 0 saturated heterocycles. The Labute approximate surface area is 117 Å². The Morgan fingerprint density at radius 2 is 2.00 bits per heavy atom. The Hall–Kier alpha value is 0.440. The van der Waals surface area contributed by atoms with Gasteiger partial charge < -0.3 is 10.8 Å². The maximum absolute atomic E-state index is 9.97. The molecular weight excluding hydrogens is 416 g/mol. The molecule has 0 radical (unpaired) electrons. The van der Waals surface area contributed by atoms with Crippen LogP contribution in [-0.4, -0.2) is 5.11 Å². The standard InChI is InChI=1S/C11H13I2NO/c12-7-4-8(11(15)9(13)5-7)10(14)6-2-1-3-6/h4-6,10,15H,1-3,14H2/t10-/m0/s1. The van der Waals surface area contributed by atoms with Crippen molar-refractivity contribution in [3.8, 4) is 5.75 Å². The van der Waals surface area contributed by atoms with Gasteiger partial charge in [-0.15, -0.1) is 0 Å². The molecule has 0 bridgehead atoms. The highest BCUT2D eigenvalue weighted by Crippen LogP contribution is 2.40. The van der Waals surface area contributed by atoms with Crippen LogP contribution in [0.25, 0.3) is 0 Å². The molecule has 1 aliphatic carbocycles. The Morgan fingerprint density at radius 1 is 1.33 bits per heavy atom. The van der Waals surface area contributed by atoms with Gasteiger partial charge in [-0.05, 0) is 76.1 Å². The number of nitrogens with two attached hydrogens (primary N) is 1. The van der Waals surface area contributed by atoms with Crippen LogP contribution in [0.5, 0.6) is 5.75 Å². The van der Waals surface area contributed by atoms with Gasteiger partial charge in [0.05, 0.1) is 3.57 Å². The lowest BCUT2D eigenvalue weighted by atomic mass is 9.77. The number of hydrogen-bond acceptors (Lipinski definition) is 2. The summed E-state index contributed by atoms with van der Waals surface area (Å²) >= 11 is 4.42. The molecule has 2 nitrogen and oxygen atoms in total. The molecule has 1 atom stereocenters. The first-order valence-electron chi connectivity index (χ1n) is 5.03. The fraction of sp³-hybridized carbons (Fsp3) is 0.455. The third kappa shape index (κ3) is 2.41. The van der Waals surface area contributed by atoms with Crippen LogP contribution in [0.3, 0.4) is 0 Å². The van der Waals surface area contributed by atoms with Crippen LogP contribution in [0.4, 0.5) is 0 Å². The summed E-state index contributed by atoms with van der Waals surface area (Å²) < 4.78 is 2.03. The van der Waals surface area contributed by atoms with Crippen molar-refractivity contribution in [2.75, 3.05) is 0 Å². The lowest BCUT2D eigenvalue weighted by Crippen LogP contribution is -2.27. The average Bonchev–Trinajstić information content (AvgIpc) is 2.08. The number of phenolic OH excluding ortho intramolecular Hbond substituents is 1. The zero-order chi connectivity index (χ0) is 11.0. The Bertz CT molecular complexity index is 377. The summed E-state index contributed by atoms with van der Waals surface area (Å²) in [6.45, 7) is 0. The van der Waals surface area contributed by atoms with Crippen molar-refractivity contribution >= 4 is 45.2 Å². The average molecular weight is 429 g/mol. The molecule has 1 fully saturated rings. The van der Waals surface area contributed by atoms with E-state index in [0.29, 0.717) is 11.7 Å². The molecule has 0 aliphatic heterocycles. The van der Waals surface area contributed by atoms with Crippen molar-refractivity contribution in [1.82, 2.24) is 0 Å². The van der Waals surface area contributed by atoms with Gasteiger partial charge in [-0.3, -0.25) is 0 Å². The molecule has 0 heterocycles. The fourth-order valence-electron chi connectivity index (χ4n) is 1.89. The van der Waals surface area contributed by atoms with Gasteiger partial charge >= 0.3 is 0 Å². The summed E-state index contributed by atoms with van der Waals surface area (Å²) in [5.41, 5.74) is 7.09. The number of benzene rings is 1. The van der Waals surface area contributed by atoms with Crippen molar-refractivity contribution in [3.63, 3.8) is 0 Å². The van der Waals surface area contributed by atoms with Gasteiger partial charge in [0, 0.05) is 15.2 Å². The van der Waals surface area contributed by atoms with Crippen LogP contribution in [0, 0.1) is 13.1 Å². The molecule has 4 heteroatoms. The van der Waals surface area contributed by atoms with Crippen molar-refractivity contribution in [2.45, 2.75) is 25.3 Å². The first-order chi connectivity index (χ1) is 7.09. The third-order valence-electron chi connectivity index (χ3n) is 3.07. The van der Waals surface area contributed by atoms with Crippen molar-refractivity contribution in [2.24, 2.45) is 11.7 Å².